The fraction of sp³-hybridized carbons (Fsp3) is 0.154. The Labute approximate surface area is 125 Å². The molecule has 0 aliphatic heterocycles. The van der Waals surface area contributed by atoms with Gasteiger partial charge in [0.2, 0.25) is 5.28 Å². The number of anilines is 1. The lowest BCUT2D eigenvalue weighted by molar-refractivity contribution is 0.155. The standard InChI is InChI=1S/C13H11Cl2N3O2/c1-8-10(11(14)18-12(15)16-8)17-13(19)20-7-9-5-3-2-4-6-9/h2-6H,7H2,1H3,(H,17,19). The predicted molar refractivity (Wildman–Crippen MR) is 77.0 cm³/mol. The first-order chi connectivity index (χ1) is 9.56. The number of nitrogens with zero attached hydrogens (tertiary/aromatic N) is 2. The molecule has 0 radical (unpaired) electrons. The van der Waals surface area contributed by atoms with Crippen molar-refractivity contribution in [1.82, 2.24) is 9.97 Å². The summed E-state index contributed by atoms with van der Waals surface area (Å²) in [4.78, 5) is 19.4. The minimum atomic E-state index is -0.634. The molecule has 2 rings (SSSR count). The van der Waals surface area contributed by atoms with Gasteiger partial charge in [-0.15, -0.1) is 0 Å². The Bertz CT molecular complexity index is 597. The molecule has 0 aliphatic carbocycles. The van der Waals surface area contributed by atoms with E-state index in [0.717, 1.165) is 5.56 Å². The van der Waals surface area contributed by atoms with Crippen molar-refractivity contribution in [2.75, 3.05) is 5.32 Å². The summed E-state index contributed by atoms with van der Waals surface area (Å²) in [6, 6.07) is 9.33. The van der Waals surface area contributed by atoms with Crippen LogP contribution in [0.25, 0.3) is 0 Å². The number of rotatable bonds is 3. The average Bonchev–Trinajstić information content (AvgIpc) is 2.42. The van der Waals surface area contributed by atoms with E-state index in [2.05, 4.69) is 15.3 Å². The molecular formula is C13H11Cl2N3O2. The zero-order valence-corrected chi connectivity index (χ0v) is 12.1. The van der Waals surface area contributed by atoms with Crippen LogP contribution in [0.4, 0.5) is 10.5 Å². The van der Waals surface area contributed by atoms with Gasteiger partial charge < -0.3 is 4.74 Å². The van der Waals surface area contributed by atoms with Gasteiger partial charge in [-0.1, -0.05) is 41.9 Å². The van der Waals surface area contributed by atoms with Gasteiger partial charge in [-0.2, -0.15) is 0 Å². The van der Waals surface area contributed by atoms with Crippen LogP contribution in [0.2, 0.25) is 10.4 Å². The number of benzene rings is 1. The molecule has 5 nitrogen and oxygen atoms in total. The number of carbonyl (C=O) groups is 1. The third-order valence-corrected chi connectivity index (χ3v) is 2.90. The minimum absolute atomic E-state index is 0.0238. The molecule has 1 N–H and O–H groups in total. The zero-order chi connectivity index (χ0) is 14.5. The van der Waals surface area contributed by atoms with Crippen LogP contribution < -0.4 is 5.32 Å². The number of halogens is 2. The molecule has 1 aromatic carbocycles. The lowest BCUT2D eigenvalue weighted by atomic mass is 10.2. The topological polar surface area (TPSA) is 64.1 Å². The lowest BCUT2D eigenvalue weighted by Gasteiger charge is -2.10. The van der Waals surface area contributed by atoms with Crippen molar-refractivity contribution in [3.63, 3.8) is 0 Å². The molecule has 0 fully saturated rings. The van der Waals surface area contributed by atoms with E-state index < -0.39 is 6.09 Å². The lowest BCUT2D eigenvalue weighted by Crippen LogP contribution is -2.15. The summed E-state index contributed by atoms with van der Waals surface area (Å²) in [6.07, 6.45) is -0.634. The summed E-state index contributed by atoms with van der Waals surface area (Å²) >= 11 is 11.5. The Morgan fingerprint density at radius 3 is 2.60 bits per heavy atom. The van der Waals surface area contributed by atoms with Gasteiger partial charge in [0.25, 0.3) is 0 Å². The first-order valence-electron chi connectivity index (χ1n) is 5.73. The van der Waals surface area contributed by atoms with Gasteiger partial charge in [0.05, 0.1) is 5.69 Å². The normalized spacial score (nSPS) is 10.2. The van der Waals surface area contributed by atoms with E-state index in [4.69, 9.17) is 27.9 Å². The van der Waals surface area contributed by atoms with Gasteiger partial charge in [0.15, 0.2) is 5.15 Å². The van der Waals surface area contributed by atoms with E-state index >= 15 is 0 Å². The smallest absolute Gasteiger partial charge is 0.412 e. The Morgan fingerprint density at radius 1 is 1.25 bits per heavy atom. The first kappa shape index (κ1) is 14.6. The largest absolute Gasteiger partial charge is 0.444 e. The SMILES string of the molecule is Cc1nc(Cl)nc(Cl)c1NC(=O)OCc1ccccc1. The first-order valence-corrected chi connectivity index (χ1v) is 6.49. The van der Waals surface area contributed by atoms with Crippen LogP contribution in [0.5, 0.6) is 0 Å². The van der Waals surface area contributed by atoms with Crippen molar-refractivity contribution >= 4 is 35.0 Å². The second kappa shape index (κ2) is 6.54. The van der Waals surface area contributed by atoms with E-state index in [1.807, 2.05) is 30.3 Å². The molecule has 0 bridgehead atoms. The second-order valence-electron chi connectivity index (χ2n) is 3.93. The minimum Gasteiger partial charge on any atom is -0.444 e. The molecule has 0 saturated carbocycles. The molecular weight excluding hydrogens is 301 g/mol. The quantitative estimate of drug-likeness (QED) is 0.691. The number of aromatic nitrogens is 2. The van der Waals surface area contributed by atoms with Crippen molar-refractivity contribution < 1.29 is 9.53 Å². The molecule has 1 heterocycles. The fourth-order valence-electron chi connectivity index (χ4n) is 1.51. The maximum atomic E-state index is 11.7. The molecule has 20 heavy (non-hydrogen) atoms. The van der Waals surface area contributed by atoms with Gasteiger partial charge in [-0.25, -0.2) is 14.8 Å². The monoisotopic (exact) mass is 311 g/mol. The molecule has 104 valence electrons. The van der Waals surface area contributed by atoms with Crippen LogP contribution in [0.1, 0.15) is 11.3 Å². The van der Waals surface area contributed by atoms with Gasteiger partial charge in [-0.05, 0) is 24.1 Å². The summed E-state index contributed by atoms with van der Waals surface area (Å²) in [5.74, 6) is 0. The Kier molecular flexibility index (Phi) is 4.76. The zero-order valence-electron chi connectivity index (χ0n) is 10.6. The number of hydrogen-bond acceptors (Lipinski definition) is 4. The van der Waals surface area contributed by atoms with Gasteiger partial charge in [0, 0.05) is 0 Å². The van der Waals surface area contributed by atoms with Crippen LogP contribution >= 0.6 is 23.2 Å². The average molecular weight is 312 g/mol. The summed E-state index contributed by atoms with van der Waals surface area (Å²) in [5.41, 5.74) is 1.64. The van der Waals surface area contributed by atoms with Crippen molar-refractivity contribution in [1.29, 1.82) is 0 Å². The van der Waals surface area contributed by atoms with E-state index in [1.165, 1.54) is 0 Å². The van der Waals surface area contributed by atoms with E-state index in [0.29, 0.717) is 5.69 Å². The second-order valence-corrected chi connectivity index (χ2v) is 4.63. The fourth-order valence-corrected chi connectivity index (χ4v) is 2.03. The number of hydrogen-bond donors (Lipinski definition) is 1. The molecule has 1 amide bonds. The third-order valence-electron chi connectivity index (χ3n) is 2.46. The molecule has 0 spiro atoms. The molecule has 0 unspecified atom stereocenters. The van der Waals surface area contributed by atoms with Crippen LogP contribution in [0.3, 0.4) is 0 Å². The molecule has 0 aliphatic rings. The van der Waals surface area contributed by atoms with Crippen molar-refractivity contribution in [3.8, 4) is 0 Å². The summed E-state index contributed by atoms with van der Waals surface area (Å²) in [7, 11) is 0. The third kappa shape index (κ3) is 3.82. The Morgan fingerprint density at radius 2 is 1.95 bits per heavy atom. The number of nitrogens with one attached hydrogen (secondary N) is 1. The Hall–Kier alpha value is -1.85. The van der Waals surface area contributed by atoms with Gasteiger partial charge >= 0.3 is 6.09 Å². The van der Waals surface area contributed by atoms with Crippen molar-refractivity contribution in [2.24, 2.45) is 0 Å². The summed E-state index contributed by atoms with van der Waals surface area (Å²) in [5, 5.41) is 2.59. The van der Waals surface area contributed by atoms with Gasteiger partial charge in [-0.3, -0.25) is 5.32 Å². The number of amides is 1. The molecule has 1 aromatic heterocycles. The highest BCUT2D eigenvalue weighted by atomic mass is 35.5. The van der Waals surface area contributed by atoms with Crippen molar-refractivity contribution in [2.45, 2.75) is 13.5 Å². The Balaban J connectivity index is 1.98. The summed E-state index contributed by atoms with van der Waals surface area (Å²) in [6.45, 7) is 1.82. The predicted octanol–water partition coefficient (Wildman–Crippen LogP) is 3.84. The van der Waals surface area contributed by atoms with E-state index in [-0.39, 0.29) is 22.7 Å². The van der Waals surface area contributed by atoms with Crippen LogP contribution in [0.15, 0.2) is 30.3 Å². The maximum absolute atomic E-state index is 11.7. The highest BCUT2D eigenvalue weighted by Gasteiger charge is 2.13. The molecule has 0 saturated heterocycles. The maximum Gasteiger partial charge on any atom is 0.412 e. The highest BCUT2D eigenvalue weighted by Crippen LogP contribution is 2.24. The van der Waals surface area contributed by atoms with Crippen LogP contribution in [0, 0.1) is 6.92 Å². The van der Waals surface area contributed by atoms with Gasteiger partial charge in [0.1, 0.15) is 12.3 Å². The molecule has 7 heteroatoms. The summed E-state index contributed by atoms with van der Waals surface area (Å²) < 4.78 is 5.08. The van der Waals surface area contributed by atoms with Crippen molar-refractivity contribution in [3.05, 3.63) is 52.0 Å². The van der Waals surface area contributed by atoms with Crippen LogP contribution in [-0.2, 0) is 11.3 Å². The van der Waals surface area contributed by atoms with Crippen LogP contribution in [-0.4, -0.2) is 16.1 Å². The molecule has 0 atom stereocenters. The highest BCUT2D eigenvalue weighted by molar-refractivity contribution is 6.34. The molecule has 2 aromatic rings. The number of carbonyl (C=O) groups excluding carboxylic acids is 1. The number of aryl methyl sites for hydroxylation is 1. The number of ether oxygens (including phenoxy) is 1. The van der Waals surface area contributed by atoms with E-state index in [1.54, 1.807) is 6.92 Å². The van der Waals surface area contributed by atoms with E-state index in [9.17, 15) is 4.79 Å².